The van der Waals surface area contributed by atoms with Crippen molar-refractivity contribution in [2.75, 3.05) is 62.0 Å². The van der Waals surface area contributed by atoms with Gasteiger partial charge in [0.05, 0.1) is 47.9 Å². The van der Waals surface area contributed by atoms with E-state index in [0.29, 0.717) is 33.8 Å². The number of nitrogens with zero attached hydrogens (tertiary/aromatic N) is 2. The summed E-state index contributed by atoms with van der Waals surface area (Å²) >= 11 is 0. The highest BCUT2D eigenvalue weighted by atomic mass is 16.6. The van der Waals surface area contributed by atoms with Gasteiger partial charge in [-0.15, -0.1) is 0 Å². The van der Waals surface area contributed by atoms with Gasteiger partial charge < -0.3 is 28.3 Å². The lowest BCUT2D eigenvalue weighted by Crippen LogP contribution is -2.62. The maximum absolute atomic E-state index is 13.1. The summed E-state index contributed by atoms with van der Waals surface area (Å²) in [4.78, 5) is 37.8. The third-order valence-corrected chi connectivity index (χ3v) is 11.7. The first-order valence-electron chi connectivity index (χ1n) is 15.9. The molecule has 1 N–H and O–H groups in total. The summed E-state index contributed by atoms with van der Waals surface area (Å²) in [5.74, 6) is -0.152. The molecule has 5 rings (SSSR count). The molecule has 236 valence electrons. The lowest BCUT2D eigenvalue weighted by Gasteiger charge is -2.63. The number of esters is 3. The van der Waals surface area contributed by atoms with Gasteiger partial charge in [-0.2, -0.15) is 0 Å². The Kier molecular flexibility index (Phi) is 7.93. The van der Waals surface area contributed by atoms with Crippen molar-refractivity contribution in [3.8, 4) is 0 Å². The summed E-state index contributed by atoms with van der Waals surface area (Å²) in [6, 6.07) is 0. The molecule has 4 aliphatic carbocycles. The largest absolute Gasteiger partial charge is 0.458 e. The van der Waals surface area contributed by atoms with Gasteiger partial charge in [0.25, 0.3) is 0 Å². The molecular formula is C33H54N2O7+2. The van der Waals surface area contributed by atoms with E-state index in [1.165, 1.54) is 0 Å². The van der Waals surface area contributed by atoms with Gasteiger partial charge in [-0.05, 0) is 73.7 Å². The van der Waals surface area contributed by atoms with Crippen molar-refractivity contribution in [2.24, 2.45) is 34.5 Å². The van der Waals surface area contributed by atoms with E-state index >= 15 is 0 Å². The topological polar surface area (TPSA) is 99.1 Å². The SMILES string of the molecule is C[C@]12CC[C@H](OC(=O)C[N+](C)(C)C)C[C@H]1CCC1C2CC[C@]2(C)[C@@H](C3=CC(=O)OC3)C(OC(=O)C[N+](C)(C)C)C[C@]12O. The summed E-state index contributed by atoms with van der Waals surface area (Å²) < 4.78 is 18.5. The van der Waals surface area contributed by atoms with Gasteiger partial charge in [-0.25, -0.2) is 14.4 Å². The van der Waals surface area contributed by atoms with Gasteiger partial charge in [0, 0.05) is 23.8 Å². The maximum atomic E-state index is 13.1. The summed E-state index contributed by atoms with van der Waals surface area (Å²) in [6.07, 6.45) is 7.81. The van der Waals surface area contributed by atoms with Crippen molar-refractivity contribution in [1.82, 2.24) is 0 Å². The predicted molar refractivity (Wildman–Crippen MR) is 157 cm³/mol. The zero-order valence-corrected chi connectivity index (χ0v) is 27.1. The monoisotopic (exact) mass is 590 g/mol. The van der Waals surface area contributed by atoms with E-state index in [1.54, 1.807) is 6.08 Å². The minimum atomic E-state index is -1.02. The Morgan fingerprint density at radius 2 is 1.57 bits per heavy atom. The first kappa shape index (κ1) is 31.5. The van der Waals surface area contributed by atoms with Crippen molar-refractivity contribution >= 4 is 17.9 Å². The fourth-order valence-electron chi connectivity index (χ4n) is 9.84. The van der Waals surface area contributed by atoms with Gasteiger partial charge in [-0.1, -0.05) is 13.8 Å². The predicted octanol–water partition coefficient (Wildman–Crippen LogP) is 3.09. The lowest BCUT2D eigenvalue weighted by atomic mass is 9.43. The molecule has 3 unspecified atom stereocenters. The van der Waals surface area contributed by atoms with Crippen LogP contribution in [0.4, 0.5) is 0 Å². The molecule has 42 heavy (non-hydrogen) atoms. The number of quaternary nitrogens is 2. The number of ether oxygens (including phenoxy) is 3. The fraction of sp³-hybridized carbons (Fsp3) is 0.848. The van der Waals surface area contributed by atoms with Gasteiger partial charge in [0.2, 0.25) is 0 Å². The molecule has 0 aromatic carbocycles. The van der Waals surface area contributed by atoms with Crippen LogP contribution in [-0.2, 0) is 28.6 Å². The van der Waals surface area contributed by atoms with E-state index in [2.05, 4.69) is 13.8 Å². The number of fused-ring (bicyclic) bond motifs is 5. The molecule has 4 saturated carbocycles. The summed E-state index contributed by atoms with van der Waals surface area (Å²) in [7, 11) is 11.9. The van der Waals surface area contributed by atoms with E-state index in [-0.39, 0.29) is 54.4 Å². The van der Waals surface area contributed by atoms with Crippen molar-refractivity contribution in [3.05, 3.63) is 11.6 Å². The van der Waals surface area contributed by atoms with Crippen LogP contribution < -0.4 is 0 Å². The van der Waals surface area contributed by atoms with Crippen LogP contribution >= 0.6 is 0 Å². The number of rotatable bonds is 7. The average molecular weight is 591 g/mol. The molecule has 5 aliphatic rings. The Morgan fingerprint density at radius 1 is 0.929 bits per heavy atom. The summed E-state index contributed by atoms with van der Waals surface area (Å²) in [5, 5.41) is 12.8. The molecule has 0 spiro atoms. The number of hydrogen-bond donors (Lipinski definition) is 1. The third-order valence-electron chi connectivity index (χ3n) is 11.7. The third kappa shape index (κ3) is 5.65. The molecule has 0 aromatic heterocycles. The molecule has 9 atom stereocenters. The van der Waals surface area contributed by atoms with E-state index < -0.39 is 17.1 Å². The van der Waals surface area contributed by atoms with E-state index in [4.69, 9.17) is 14.2 Å². The molecule has 0 bridgehead atoms. The molecule has 1 heterocycles. The molecule has 0 aromatic rings. The van der Waals surface area contributed by atoms with E-state index in [9.17, 15) is 19.5 Å². The van der Waals surface area contributed by atoms with Crippen molar-refractivity contribution in [1.29, 1.82) is 0 Å². The zero-order chi connectivity index (χ0) is 30.9. The Labute approximate surface area is 251 Å². The number of carbonyl (C=O) groups excluding carboxylic acids is 3. The van der Waals surface area contributed by atoms with Crippen LogP contribution in [0.3, 0.4) is 0 Å². The molecule has 9 heteroatoms. The average Bonchev–Trinajstić information content (AvgIpc) is 3.34. The summed E-state index contributed by atoms with van der Waals surface area (Å²) in [6.45, 7) is 5.36. The number of hydrogen-bond acceptors (Lipinski definition) is 7. The molecule has 0 amide bonds. The smallest absolute Gasteiger partial charge is 0.362 e. The quantitative estimate of drug-likeness (QED) is 0.276. The second-order valence-corrected chi connectivity index (χ2v) is 16.7. The van der Waals surface area contributed by atoms with Crippen LogP contribution in [0.25, 0.3) is 0 Å². The first-order chi connectivity index (χ1) is 19.3. The summed E-state index contributed by atoms with van der Waals surface area (Å²) in [5.41, 5.74) is -0.647. The Balaban J connectivity index is 1.37. The van der Waals surface area contributed by atoms with Crippen molar-refractivity contribution in [3.63, 3.8) is 0 Å². The van der Waals surface area contributed by atoms with Gasteiger partial charge in [-0.3, -0.25) is 0 Å². The lowest BCUT2D eigenvalue weighted by molar-refractivity contribution is -0.862. The van der Waals surface area contributed by atoms with Crippen LogP contribution in [-0.4, -0.2) is 112 Å². The second kappa shape index (κ2) is 10.6. The van der Waals surface area contributed by atoms with Crippen LogP contribution in [0.1, 0.15) is 65.2 Å². The van der Waals surface area contributed by atoms with Crippen molar-refractivity contribution in [2.45, 2.75) is 83.0 Å². The highest BCUT2D eigenvalue weighted by Gasteiger charge is 2.71. The van der Waals surface area contributed by atoms with Crippen LogP contribution in [0, 0.1) is 34.5 Å². The van der Waals surface area contributed by atoms with Gasteiger partial charge in [0.1, 0.15) is 18.8 Å². The molecule has 4 fully saturated rings. The Morgan fingerprint density at radius 3 is 2.17 bits per heavy atom. The molecule has 0 saturated heterocycles. The number of aliphatic hydroxyl groups is 1. The van der Waals surface area contributed by atoms with Crippen LogP contribution in [0.5, 0.6) is 0 Å². The van der Waals surface area contributed by atoms with Crippen LogP contribution in [0.2, 0.25) is 0 Å². The Bertz CT molecular complexity index is 1140. The normalized spacial score (nSPS) is 41.6. The first-order valence-corrected chi connectivity index (χ1v) is 15.9. The number of cyclic esters (lactones) is 1. The highest BCUT2D eigenvalue weighted by Crippen LogP contribution is 2.70. The zero-order valence-electron chi connectivity index (χ0n) is 27.1. The fourth-order valence-corrected chi connectivity index (χ4v) is 9.84. The second-order valence-electron chi connectivity index (χ2n) is 16.7. The minimum Gasteiger partial charge on any atom is -0.458 e. The van der Waals surface area contributed by atoms with Gasteiger partial charge in [0.15, 0.2) is 13.1 Å². The van der Waals surface area contributed by atoms with E-state index in [1.807, 2.05) is 42.3 Å². The highest BCUT2D eigenvalue weighted by molar-refractivity contribution is 5.85. The van der Waals surface area contributed by atoms with Crippen molar-refractivity contribution < 1.29 is 42.7 Å². The van der Waals surface area contributed by atoms with Crippen LogP contribution in [0.15, 0.2) is 11.6 Å². The standard InChI is InChI=1S/C33H54N2O7/c1-31-13-11-23(41-28(37)18-34(3,4)5)16-22(31)9-10-25-24(31)12-14-32(2)30(21-15-27(36)40-20-21)26(17-33(25,32)39)42-29(38)19-35(6,7)8/h15,22-26,30,39H,9-14,16-20H2,1-8H3/q+2/t22-,23+,24?,25?,26?,30+,31+,32-,33+/m1/s1. The Hall–Kier alpha value is -1.97. The molecule has 9 nitrogen and oxygen atoms in total. The maximum Gasteiger partial charge on any atom is 0.362 e. The minimum absolute atomic E-state index is 0.0386. The molecule has 1 aliphatic heterocycles. The number of carbonyl (C=O) groups is 3. The number of likely N-dealkylation sites (N-methyl/N-ethyl adjacent to an activating group) is 2. The molecule has 0 radical (unpaired) electrons. The molecular weight excluding hydrogens is 536 g/mol. The van der Waals surface area contributed by atoms with E-state index in [0.717, 1.165) is 50.5 Å². The van der Waals surface area contributed by atoms with Gasteiger partial charge >= 0.3 is 17.9 Å².